The monoisotopic (exact) mass is 456 g/mol. The first-order chi connectivity index (χ1) is 16.4. The number of pyridine rings is 1. The van der Waals surface area contributed by atoms with Gasteiger partial charge >= 0.3 is 6.03 Å². The van der Waals surface area contributed by atoms with Crippen molar-refractivity contribution < 1.29 is 4.79 Å². The summed E-state index contributed by atoms with van der Waals surface area (Å²) in [5.41, 5.74) is 2.72. The molecule has 7 heteroatoms. The van der Waals surface area contributed by atoms with Crippen molar-refractivity contribution in [3.8, 4) is 0 Å². The number of benzene rings is 1. The third-order valence-electron chi connectivity index (χ3n) is 7.79. The molecule has 3 heterocycles. The van der Waals surface area contributed by atoms with E-state index in [1.807, 2.05) is 30.0 Å². The van der Waals surface area contributed by atoms with Crippen molar-refractivity contribution in [3.05, 3.63) is 84.2 Å². The van der Waals surface area contributed by atoms with Crippen molar-refractivity contribution in [3.63, 3.8) is 0 Å². The van der Waals surface area contributed by atoms with Crippen LogP contribution in [0.4, 0.5) is 10.5 Å². The molecule has 0 N–H and O–H groups in total. The molecule has 1 aliphatic carbocycles. The molecule has 0 radical (unpaired) electrons. The van der Waals surface area contributed by atoms with Gasteiger partial charge in [-0.15, -0.1) is 0 Å². The van der Waals surface area contributed by atoms with E-state index < -0.39 is 0 Å². The van der Waals surface area contributed by atoms with Gasteiger partial charge in [0.05, 0.1) is 42.4 Å². The highest BCUT2D eigenvalue weighted by molar-refractivity contribution is 5.95. The second kappa shape index (κ2) is 8.80. The van der Waals surface area contributed by atoms with Crippen molar-refractivity contribution in [2.45, 2.75) is 50.2 Å². The molecular weight excluding hydrogens is 424 g/mol. The Kier molecular flexibility index (Phi) is 5.81. The molecule has 1 saturated carbocycles. The second-order valence-corrected chi connectivity index (χ2v) is 9.78. The van der Waals surface area contributed by atoms with Crippen molar-refractivity contribution in [2.75, 3.05) is 25.5 Å². The molecule has 2 aliphatic rings. The third-order valence-corrected chi connectivity index (χ3v) is 7.79. The minimum absolute atomic E-state index is 0.00942. The van der Waals surface area contributed by atoms with Crippen LogP contribution in [0.15, 0.2) is 67.1 Å². The van der Waals surface area contributed by atoms with E-state index in [4.69, 9.17) is 0 Å². The van der Waals surface area contributed by atoms with E-state index >= 15 is 0 Å². The Labute approximate surface area is 201 Å². The van der Waals surface area contributed by atoms with Crippen LogP contribution >= 0.6 is 0 Å². The maximum absolute atomic E-state index is 13.8. The molecule has 0 bridgehead atoms. The summed E-state index contributed by atoms with van der Waals surface area (Å²) in [6.07, 6.45) is 9.11. The van der Waals surface area contributed by atoms with E-state index in [9.17, 15) is 4.79 Å². The standard InChI is InChI=1S/C27H32N6O/c1-21-29-17-24(18-30-21)32-20-26(33(25(32)34)19-23-11-7-8-16-28-23)12-14-27(15-13-26,31(2)3)22-9-5-4-6-10-22/h4-11,16-18H,12-15,19-20H2,1-3H3/t26-,27+. The van der Waals surface area contributed by atoms with Gasteiger partial charge in [0.15, 0.2) is 0 Å². The highest BCUT2D eigenvalue weighted by Crippen LogP contribution is 2.49. The van der Waals surface area contributed by atoms with Crippen molar-refractivity contribution >= 4 is 11.7 Å². The van der Waals surface area contributed by atoms with Crippen LogP contribution in [0, 0.1) is 6.92 Å². The lowest BCUT2D eigenvalue weighted by molar-refractivity contribution is 0.0234. The van der Waals surface area contributed by atoms with Gasteiger partial charge in [-0.05, 0) is 64.4 Å². The van der Waals surface area contributed by atoms with Gasteiger partial charge in [0.2, 0.25) is 0 Å². The summed E-state index contributed by atoms with van der Waals surface area (Å²) in [4.78, 5) is 33.3. The summed E-state index contributed by atoms with van der Waals surface area (Å²) in [6, 6.07) is 16.7. The van der Waals surface area contributed by atoms with Crippen LogP contribution < -0.4 is 4.90 Å². The minimum atomic E-state index is -0.256. The fraction of sp³-hybridized carbons (Fsp3) is 0.407. The topological polar surface area (TPSA) is 65.5 Å². The first kappa shape index (κ1) is 22.5. The molecule has 34 heavy (non-hydrogen) atoms. The van der Waals surface area contributed by atoms with E-state index in [1.165, 1.54) is 5.56 Å². The Morgan fingerprint density at radius 2 is 1.59 bits per heavy atom. The van der Waals surface area contributed by atoms with Crippen LogP contribution in [0.1, 0.15) is 42.8 Å². The fourth-order valence-corrected chi connectivity index (χ4v) is 5.71. The largest absolute Gasteiger partial charge is 0.325 e. The van der Waals surface area contributed by atoms with Crippen LogP contribution in [-0.4, -0.2) is 57.0 Å². The summed E-state index contributed by atoms with van der Waals surface area (Å²) < 4.78 is 0. The zero-order valence-electron chi connectivity index (χ0n) is 20.2. The highest BCUT2D eigenvalue weighted by Gasteiger charge is 2.54. The number of hydrogen-bond donors (Lipinski definition) is 0. The first-order valence-electron chi connectivity index (χ1n) is 11.9. The molecule has 2 amide bonds. The molecule has 1 spiro atoms. The van der Waals surface area contributed by atoms with Crippen LogP contribution in [0.5, 0.6) is 0 Å². The molecule has 0 atom stereocenters. The third kappa shape index (κ3) is 3.84. The number of aromatic nitrogens is 3. The highest BCUT2D eigenvalue weighted by atomic mass is 16.2. The Morgan fingerprint density at radius 1 is 0.912 bits per heavy atom. The number of amides is 2. The summed E-state index contributed by atoms with van der Waals surface area (Å²) in [6.45, 7) is 3.00. The van der Waals surface area contributed by atoms with Gasteiger partial charge in [-0.3, -0.25) is 14.8 Å². The predicted octanol–water partition coefficient (Wildman–Crippen LogP) is 4.39. The summed E-state index contributed by atoms with van der Waals surface area (Å²) in [7, 11) is 4.35. The molecule has 1 saturated heterocycles. The Morgan fingerprint density at radius 3 is 2.21 bits per heavy atom. The normalized spacial score (nSPS) is 24.9. The number of nitrogens with zero attached hydrogens (tertiary/aromatic N) is 6. The molecule has 7 nitrogen and oxygen atoms in total. The first-order valence-corrected chi connectivity index (χ1v) is 11.9. The quantitative estimate of drug-likeness (QED) is 0.570. The SMILES string of the molecule is Cc1ncc(N2C[C@]3(CC[C@](c4ccccc4)(N(C)C)CC3)N(Cc3ccccn3)C2=O)cn1. The Hall–Kier alpha value is -3.32. The lowest BCUT2D eigenvalue weighted by Gasteiger charge is -2.51. The molecule has 2 fully saturated rings. The summed E-state index contributed by atoms with van der Waals surface area (Å²) in [5, 5.41) is 0. The van der Waals surface area contributed by atoms with Crippen LogP contribution in [-0.2, 0) is 12.1 Å². The lowest BCUT2D eigenvalue weighted by atomic mass is 9.68. The number of anilines is 1. The smallest absolute Gasteiger partial charge is 0.311 e. The maximum Gasteiger partial charge on any atom is 0.325 e. The molecule has 2 aromatic heterocycles. The van der Waals surface area contributed by atoms with E-state index in [0.717, 1.165) is 37.1 Å². The molecule has 176 valence electrons. The van der Waals surface area contributed by atoms with Crippen molar-refractivity contribution in [2.24, 2.45) is 0 Å². The fourth-order valence-electron chi connectivity index (χ4n) is 5.71. The molecule has 5 rings (SSSR count). The van der Waals surface area contributed by atoms with E-state index in [-0.39, 0.29) is 17.1 Å². The zero-order chi connectivity index (χ0) is 23.8. The van der Waals surface area contributed by atoms with Gasteiger partial charge in [0.1, 0.15) is 5.82 Å². The van der Waals surface area contributed by atoms with Gasteiger partial charge in [0, 0.05) is 11.7 Å². The summed E-state index contributed by atoms with van der Waals surface area (Å²) >= 11 is 0. The van der Waals surface area contributed by atoms with E-state index in [1.54, 1.807) is 18.6 Å². The van der Waals surface area contributed by atoms with Crippen LogP contribution in [0.2, 0.25) is 0 Å². The summed E-state index contributed by atoms with van der Waals surface area (Å²) in [5.74, 6) is 0.701. The number of carbonyl (C=O) groups excluding carboxylic acids is 1. The molecule has 1 aromatic carbocycles. The molecular formula is C27H32N6O. The number of hydrogen-bond acceptors (Lipinski definition) is 5. The van der Waals surface area contributed by atoms with Crippen molar-refractivity contribution in [1.29, 1.82) is 0 Å². The second-order valence-electron chi connectivity index (χ2n) is 9.78. The van der Waals surface area contributed by atoms with Crippen LogP contribution in [0.3, 0.4) is 0 Å². The Bertz CT molecular complexity index is 1120. The van der Waals surface area contributed by atoms with Crippen LogP contribution in [0.25, 0.3) is 0 Å². The van der Waals surface area contributed by atoms with Gasteiger partial charge in [0.25, 0.3) is 0 Å². The van der Waals surface area contributed by atoms with E-state index in [2.05, 4.69) is 69.2 Å². The maximum atomic E-state index is 13.8. The average molecular weight is 457 g/mol. The van der Waals surface area contributed by atoms with Gasteiger partial charge in [-0.25, -0.2) is 14.8 Å². The van der Waals surface area contributed by atoms with Gasteiger partial charge in [-0.2, -0.15) is 0 Å². The number of carbonyl (C=O) groups is 1. The zero-order valence-corrected chi connectivity index (χ0v) is 20.2. The van der Waals surface area contributed by atoms with Gasteiger partial charge < -0.3 is 4.90 Å². The van der Waals surface area contributed by atoms with Gasteiger partial charge in [-0.1, -0.05) is 36.4 Å². The lowest BCUT2D eigenvalue weighted by Crippen LogP contribution is -2.55. The molecule has 0 unspecified atom stereocenters. The average Bonchev–Trinajstić information content (AvgIpc) is 3.12. The van der Waals surface area contributed by atoms with E-state index in [0.29, 0.717) is 18.9 Å². The number of urea groups is 1. The molecule has 1 aliphatic heterocycles. The number of rotatable bonds is 5. The predicted molar refractivity (Wildman–Crippen MR) is 132 cm³/mol. The Balaban J connectivity index is 1.48. The molecule has 3 aromatic rings. The number of aryl methyl sites for hydroxylation is 1. The minimum Gasteiger partial charge on any atom is -0.311 e. The van der Waals surface area contributed by atoms with Crippen molar-refractivity contribution in [1.82, 2.24) is 24.8 Å².